The van der Waals surface area contributed by atoms with Gasteiger partial charge in [-0.25, -0.2) is 12.8 Å². The minimum atomic E-state index is -3.61. The molecule has 0 fully saturated rings. The minimum absolute atomic E-state index is 0.0474. The summed E-state index contributed by atoms with van der Waals surface area (Å²) < 4.78 is 41.2. The molecule has 30 heavy (non-hydrogen) atoms. The summed E-state index contributed by atoms with van der Waals surface area (Å²) in [6.45, 7) is 4.23. The summed E-state index contributed by atoms with van der Waals surface area (Å²) in [5.41, 5.74) is 1.75. The maximum atomic E-state index is 13.1. The zero-order valence-corrected chi connectivity index (χ0v) is 17.6. The van der Waals surface area contributed by atoms with Crippen LogP contribution in [0, 0.1) is 5.82 Å². The standard InChI is InChI=1S/C21H23FN4O3S/c1-3-26(4-2)30(28,29)19-7-5-6-18(14-19)23-21(27)15-25-13-12-20(24-25)16-8-10-17(22)11-9-16/h5-14H,3-4,15H2,1-2H3,(H,23,27). The van der Waals surface area contributed by atoms with E-state index < -0.39 is 10.0 Å². The van der Waals surface area contributed by atoms with Crippen LogP contribution >= 0.6 is 0 Å². The van der Waals surface area contributed by atoms with Crippen LogP contribution in [0.2, 0.25) is 0 Å². The van der Waals surface area contributed by atoms with Gasteiger partial charge in [0.15, 0.2) is 0 Å². The fourth-order valence-corrected chi connectivity index (χ4v) is 4.52. The fourth-order valence-electron chi connectivity index (χ4n) is 3.02. The zero-order valence-electron chi connectivity index (χ0n) is 16.7. The van der Waals surface area contributed by atoms with Gasteiger partial charge >= 0.3 is 0 Å². The first-order valence-corrected chi connectivity index (χ1v) is 11.0. The van der Waals surface area contributed by atoms with E-state index in [2.05, 4.69) is 10.4 Å². The Kier molecular flexibility index (Phi) is 6.63. The topological polar surface area (TPSA) is 84.3 Å². The van der Waals surface area contributed by atoms with Crippen molar-refractivity contribution in [2.45, 2.75) is 25.3 Å². The number of amides is 1. The molecular formula is C21H23FN4O3S. The predicted molar refractivity (Wildman–Crippen MR) is 113 cm³/mol. The van der Waals surface area contributed by atoms with Crippen molar-refractivity contribution in [1.82, 2.24) is 14.1 Å². The van der Waals surface area contributed by atoms with Gasteiger partial charge in [0.2, 0.25) is 15.9 Å². The van der Waals surface area contributed by atoms with Gasteiger partial charge in [-0.3, -0.25) is 9.48 Å². The highest BCUT2D eigenvalue weighted by Gasteiger charge is 2.21. The molecule has 158 valence electrons. The molecule has 0 aliphatic rings. The summed E-state index contributed by atoms with van der Waals surface area (Å²) in [5, 5.41) is 7.03. The summed E-state index contributed by atoms with van der Waals surface area (Å²) >= 11 is 0. The van der Waals surface area contributed by atoms with Crippen molar-refractivity contribution in [3.63, 3.8) is 0 Å². The molecule has 0 spiro atoms. The van der Waals surface area contributed by atoms with Gasteiger partial charge < -0.3 is 5.32 Å². The quantitative estimate of drug-likeness (QED) is 0.594. The molecule has 0 aliphatic heterocycles. The average molecular weight is 431 g/mol. The maximum absolute atomic E-state index is 13.1. The smallest absolute Gasteiger partial charge is 0.246 e. The number of aromatic nitrogens is 2. The normalized spacial score (nSPS) is 11.6. The number of nitrogens with zero attached hydrogens (tertiary/aromatic N) is 3. The molecule has 0 unspecified atom stereocenters. The van der Waals surface area contributed by atoms with E-state index in [9.17, 15) is 17.6 Å². The third-order valence-electron chi connectivity index (χ3n) is 4.55. The molecule has 1 N–H and O–H groups in total. The highest BCUT2D eigenvalue weighted by Crippen LogP contribution is 2.20. The lowest BCUT2D eigenvalue weighted by Gasteiger charge is -2.18. The van der Waals surface area contributed by atoms with E-state index >= 15 is 0 Å². The van der Waals surface area contributed by atoms with Crippen molar-refractivity contribution in [2.75, 3.05) is 18.4 Å². The number of carbonyl (C=O) groups is 1. The number of halogens is 1. The number of hydrogen-bond donors (Lipinski definition) is 1. The zero-order chi connectivity index (χ0) is 21.7. The Morgan fingerprint density at radius 2 is 1.80 bits per heavy atom. The highest BCUT2D eigenvalue weighted by molar-refractivity contribution is 7.89. The van der Waals surface area contributed by atoms with Crippen molar-refractivity contribution < 1.29 is 17.6 Å². The van der Waals surface area contributed by atoms with E-state index in [1.807, 2.05) is 0 Å². The molecule has 0 saturated heterocycles. The Labute approximate surface area is 175 Å². The Bertz CT molecular complexity index is 1120. The summed E-state index contributed by atoms with van der Waals surface area (Å²) in [6.07, 6.45) is 1.65. The van der Waals surface area contributed by atoms with Crippen molar-refractivity contribution >= 4 is 21.6 Å². The lowest BCUT2D eigenvalue weighted by Crippen LogP contribution is -2.30. The number of carbonyl (C=O) groups excluding carboxylic acids is 1. The summed E-state index contributed by atoms with van der Waals surface area (Å²) in [5.74, 6) is -0.677. The van der Waals surface area contributed by atoms with Crippen LogP contribution < -0.4 is 5.32 Å². The van der Waals surface area contributed by atoms with Gasteiger partial charge in [0, 0.05) is 30.5 Å². The molecule has 9 heteroatoms. The summed E-state index contributed by atoms with van der Waals surface area (Å²) in [7, 11) is -3.61. The van der Waals surface area contributed by atoms with Crippen LogP contribution in [0.1, 0.15) is 13.8 Å². The molecule has 0 bridgehead atoms. The second-order valence-electron chi connectivity index (χ2n) is 6.57. The molecule has 0 atom stereocenters. The van der Waals surface area contributed by atoms with Crippen molar-refractivity contribution in [3.05, 3.63) is 66.6 Å². The molecule has 0 saturated carbocycles. The second-order valence-corrected chi connectivity index (χ2v) is 8.51. The van der Waals surface area contributed by atoms with Crippen LogP contribution in [0.25, 0.3) is 11.3 Å². The molecular weight excluding hydrogens is 407 g/mol. The van der Waals surface area contributed by atoms with E-state index in [4.69, 9.17) is 0 Å². The molecule has 2 aromatic carbocycles. The van der Waals surface area contributed by atoms with E-state index in [0.29, 0.717) is 24.5 Å². The predicted octanol–water partition coefficient (Wildman–Crippen LogP) is 3.36. The lowest BCUT2D eigenvalue weighted by molar-refractivity contribution is -0.116. The van der Waals surface area contributed by atoms with Crippen LogP contribution in [0.4, 0.5) is 10.1 Å². The van der Waals surface area contributed by atoms with Gasteiger partial charge in [-0.15, -0.1) is 0 Å². The molecule has 1 heterocycles. The summed E-state index contributed by atoms with van der Waals surface area (Å²) in [4.78, 5) is 12.5. The average Bonchev–Trinajstić information content (AvgIpc) is 3.17. The first kappa shape index (κ1) is 21.7. The number of benzene rings is 2. The first-order chi connectivity index (χ1) is 14.3. The van der Waals surface area contributed by atoms with E-state index in [0.717, 1.165) is 5.56 Å². The van der Waals surface area contributed by atoms with Crippen molar-refractivity contribution in [3.8, 4) is 11.3 Å². The second kappa shape index (κ2) is 9.19. The van der Waals surface area contributed by atoms with Gasteiger partial charge in [-0.2, -0.15) is 9.40 Å². The Balaban J connectivity index is 1.69. The summed E-state index contributed by atoms with van der Waals surface area (Å²) in [6, 6.07) is 13.8. The number of anilines is 1. The number of hydrogen-bond acceptors (Lipinski definition) is 4. The van der Waals surface area contributed by atoms with Crippen LogP contribution in [-0.2, 0) is 21.4 Å². The highest BCUT2D eigenvalue weighted by atomic mass is 32.2. The first-order valence-electron chi connectivity index (χ1n) is 9.53. The maximum Gasteiger partial charge on any atom is 0.246 e. The van der Waals surface area contributed by atoms with Crippen LogP contribution in [-0.4, -0.2) is 41.5 Å². The lowest BCUT2D eigenvalue weighted by atomic mass is 10.1. The number of nitrogens with one attached hydrogen (secondary N) is 1. The monoisotopic (exact) mass is 430 g/mol. The Morgan fingerprint density at radius 1 is 1.10 bits per heavy atom. The SMILES string of the molecule is CCN(CC)S(=O)(=O)c1cccc(NC(=O)Cn2ccc(-c3ccc(F)cc3)n2)c1. The van der Waals surface area contributed by atoms with Gasteiger partial charge in [0.05, 0.1) is 10.6 Å². The van der Waals surface area contributed by atoms with Crippen LogP contribution in [0.5, 0.6) is 0 Å². The molecule has 1 aromatic heterocycles. The largest absolute Gasteiger partial charge is 0.324 e. The molecule has 7 nitrogen and oxygen atoms in total. The van der Waals surface area contributed by atoms with E-state index in [-0.39, 0.29) is 23.2 Å². The van der Waals surface area contributed by atoms with Gasteiger partial charge in [0.1, 0.15) is 12.4 Å². The van der Waals surface area contributed by atoms with Gasteiger partial charge in [-0.05, 0) is 48.5 Å². The fraction of sp³-hybridized carbons (Fsp3) is 0.238. The van der Waals surface area contributed by atoms with Crippen LogP contribution in [0.15, 0.2) is 65.7 Å². The number of rotatable bonds is 8. The van der Waals surface area contributed by atoms with E-state index in [1.54, 1.807) is 50.4 Å². The molecule has 0 radical (unpaired) electrons. The van der Waals surface area contributed by atoms with E-state index in [1.165, 1.54) is 33.3 Å². The van der Waals surface area contributed by atoms with Crippen molar-refractivity contribution in [1.29, 1.82) is 0 Å². The van der Waals surface area contributed by atoms with Gasteiger partial charge in [0.25, 0.3) is 0 Å². The van der Waals surface area contributed by atoms with Crippen LogP contribution in [0.3, 0.4) is 0 Å². The minimum Gasteiger partial charge on any atom is -0.324 e. The van der Waals surface area contributed by atoms with Crippen molar-refractivity contribution in [2.24, 2.45) is 0 Å². The molecule has 1 amide bonds. The number of sulfonamides is 1. The third kappa shape index (κ3) is 4.92. The molecule has 3 aromatic rings. The third-order valence-corrected chi connectivity index (χ3v) is 6.59. The molecule has 0 aliphatic carbocycles. The molecule has 3 rings (SSSR count). The Hall–Kier alpha value is -3.04. The van der Waals surface area contributed by atoms with Gasteiger partial charge in [-0.1, -0.05) is 19.9 Å². The Morgan fingerprint density at radius 3 is 2.47 bits per heavy atom.